The minimum Gasteiger partial charge on any atom is -0.431 e. The number of nitrogens with zero attached hydrogens (tertiary/aromatic N) is 1. The topological polar surface area (TPSA) is 92.0 Å². The first-order valence-electron chi connectivity index (χ1n) is 14.7. The van der Waals surface area contributed by atoms with Gasteiger partial charge in [0.05, 0.1) is 18.0 Å². The molecule has 5 fully saturated rings. The van der Waals surface area contributed by atoms with Crippen molar-refractivity contribution in [3.05, 3.63) is 34.4 Å². The van der Waals surface area contributed by atoms with Gasteiger partial charge < -0.3 is 24.5 Å². The molecule has 1 saturated heterocycles. The Hall–Kier alpha value is -1.70. The lowest BCUT2D eigenvalue weighted by Crippen LogP contribution is -2.62. The van der Waals surface area contributed by atoms with E-state index in [0.717, 1.165) is 89.5 Å². The molecule has 37 heavy (non-hydrogen) atoms. The third kappa shape index (κ3) is 4.11. The van der Waals surface area contributed by atoms with Gasteiger partial charge in [0.2, 0.25) is 5.91 Å². The largest absolute Gasteiger partial charge is 0.431 e. The molecule has 7 nitrogen and oxygen atoms in total. The van der Waals surface area contributed by atoms with Gasteiger partial charge in [-0.2, -0.15) is 0 Å². The van der Waals surface area contributed by atoms with Crippen LogP contribution in [0.4, 0.5) is 0 Å². The molecule has 5 aliphatic rings. The molecule has 0 aromatic carbocycles. The Bertz CT molecular complexity index is 1050. The summed E-state index contributed by atoms with van der Waals surface area (Å²) >= 11 is 0. The molecule has 8 atom stereocenters. The first-order chi connectivity index (χ1) is 17.7. The highest BCUT2D eigenvalue weighted by atomic mass is 16.5. The molecule has 7 heteroatoms. The average molecular weight is 513 g/mol. The van der Waals surface area contributed by atoms with Crippen LogP contribution in [0.15, 0.2) is 27.6 Å². The van der Waals surface area contributed by atoms with Gasteiger partial charge in [-0.05, 0) is 98.5 Å². The van der Waals surface area contributed by atoms with Crippen LogP contribution < -0.4 is 10.9 Å². The monoisotopic (exact) mass is 512 g/mol. The Labute approximate surface area is 220 Å². The summed E-state index contributed by atoms with van der Waals surface area (Å²) in [5, 5.41) is 15.7. The molecule has 1 aromatic rings. The lowest BCUT2D eigenvalue weighted by Gasteiger charge is -2.63. The maximum atomic E-state index is 12.6. The van der Waals surface area contributed by atoms with Gasteiger partial charge in [-0.1, -0.05) is 13.8 Å². The smallest absolute Gasteiger partial charge is 0.335 e. The van der Waals surface area contributed by atoms with E-state index in [9.17, 15) is 14.7 Å². The molecule has 2 heterocycles. The molecule has 1 amide bonds. The lowest BCUT2D eigenvalue weighted by atomic mass is 9.43. The number of fused-ring (bicyclic) bond motifs is 5. The zero-order valence-electron chi connectivity index (χ0n) is 22.5. The van der Waals surface area contributed by atoms with Crippen LogP contribution in [-0.2, 0) is 9.53 Å². The van der Waals surface area contributed by atoms with E-state index >= 15 is 0 Å². The van der Waals surface area contributed by atoms with Gasteiger partial charge in [-0.25, -0.2) is 4.79 Å². The maximum Gasteiger partial charge on any atom is 0.335 e. The molecule has 204 valence electrons. The number of hydrogen-bond donors (Lipinski definition) is 2. The number of ether oxygens (including phenoxy) is 1. The number of rotatable bonds is 4. The lowest BCUT2D eigenvalue weighted by molar-refractivity contribution is -0.207. The van der Waals surface area contributed by atoms with Gasteiger partial charge in [0, 0.05) is 37.7 Å². The molecular formula is C30H44N2O5. The fourth-order valence-corrected chi connectivity index (χ4v) is 9.63. The van der Waals surface area contributed by atoms with Crippen molar-refractivity contribution in [3.63, 3.8) is 0 Å². The molecule has 1 aromatic heterocycles. The minimum absolute atomic E-state index is 0.126. The van der Waals surface area contributed by atoms with Gasteiger partial charge in [0.15, 0.2) is 0 Å². The molecule has 2 N–H and O–H groups in total. The zero-order valence-corrected chi connectivity index (χ0v) is 22.5. The van der Waals surface area contributed by atoms with E-state index in [1.807, 2.05) is 11.0 Å². The molecule has 1 aliphatic heterocycles. The predicted molar refractivity (Wildman–Crippen MR) is 140 cm³/mol. The van der Waals surface area contributed by atoms with E-state index in [1.54, 1.807) is 6.26 Å². The first kappa shape index (κ1) is 25.6. The van der Waals surface area contributed by atoms with Crippen LogP contribution in [0, 0.1) is 28.6 Å². The van der Waals surface area contributed by atoms with Crippen LogP contribution in [0.1, 0.15) is 83.1 Å². The van der Waals surface area contributed by atoms with E-state index in [4.69, 9.17) is 9.15 Å². The molecule has 4 saturated carbocycles. The fraction of sp³-hybridized carbons (Fsp3) is 0.800. The average Bonchev–Trinajstić information content (AvgIpc) is 3.19. The van der Waals surface area contributed by atoms with Crippen LogP contribution in [0.3, 0.4) is 0 Å². The number of hydrogen-bond acceptors (Lipinski definition) is 6. The highest BCUT2D eigenvalue weighted by Gasteiger charge is 2.67. The summed E-state index contributed by atoms with van der Waals surface area (Å²) in [5.74, 6) is 1.79. The molecule has 0 spiro atoms. The third-order valence-corrected chi connectivity index (χ3v) is 11.8. The van der Waals surface area contributed by atoms with Gasteiger partial charge >= 0.3 is 5.63 Å². The van der Waals surface area contributed by atoms with Crippen molar-refractivity contribution < 1.29 is 19.1 Å². The second-order valence-electron chi connectivity index (χ2n) is 13.2. The van der Waals surface area contributed by atoms with E-state index in [0.29, 0.717) is 17.8 Å². The number of carbonyl (C=O) groups excluding carboxylic acids is 1. The summed E-state index contributed by atoms with van der Waals surface area (Å²) in [6.45, 7) is 8.27. The SMILES string of the molecule is C[C@]12CC[C@H](OCC(=O)N3CCNCC3)C[C@H]1CC[C@@H]1[C@@H]2CC[C@]2(C)[C@@H](c3ccc(=O)oc3)CC[C@]12O. The Kier molecular flexibility index (Phi) is 6.56. The summed E-state index contributed by atoms with van der Waals surface area (Å²) < 4.78 is 11.4. The zero-order chi connectivity index (χ0) is 25.8. The summed E-state index contributed by atoms with van der Waals surface area (Å²) in [6, 6.07) is 3.43. The third-order valence-electron chi connectivity index (χ3n) is 11.8. The highest BCUT2D eigenvalue weighted by molar-refractivity contribution is 5.77. The van der Waals surface area contributed by atoms with Crippen molar-refractivity contribution in [1.82, 2.24) is 10.2 Å². The molecule has 0 unspecified atom stereocenters. The Morgan fingerprint density at radius 1 is 1.08 bits per heavy atom. The van der Waals surface area contributed by atoms with E-state index < -0.39 is 5.60 Å². The number of piperazine rings is 1. The molecular weight excluding hydrogens is 468 g/mol. The Balaban J connectivity index is 1.13. The van der Waals surface area contributed by atoms with Crippen LogP contribution in [-0.4, -0.2) is 60.4 Å². The van der Waals surface area contributed by atoms with Crippen molar-refractivity contribution in [3.8, 4) is 0 Å². The second-order valence-corrected chi connectivity index (χ2v) is 13.2. The summed E-state index contributed by atoms with van der Waals surface area (Å²) in [4.78, 5) is 26.1. The van der Waals surface area contributed by atoms with Crippen LogP contribution >= 0.6 is 0 Å². The minimum atomic E-state index is -0.673. The second kappa shape index (κ2) is 9.49. The fourth-order valence-electron chi connectivity index (χ4n) is 9.63. The van der Waals surface area contributed by atoms with Gasteiger partial charge in [0.1, 0.15) is 6.61 Å². The standard InChI is InChI=1S/C30H44N2O5/c1-28-10-7-22(36-19-26(33)32-15-13-31-14-16-32)17-21(28)4-5-25-24(28)8-11-29(2)23(9-12-30(25,29)35)20-3-6-27(34)37-18-20/h3,6,18,21-25,31,35H,4-5,7-17,19H2,1-2H3/t21-,22+,23-,24+,25-,28+,29-,30+/m1/s1. The quantitative estimate of drug-likeness (QED) is 0.639. The van der Waals surface area contributed by atoms with E-state index in [2.05, 4.69) is 19.2 Å². The first-order valence-corrected chi connectivity index (χ1v) is 14.7. The Morgan fingerprint density at radius 2 is 1.89 bits per heavy atom. The number of amides is 1. The van der Waals surface area contributed by atoms with Crippen molar-refractivity contribution in [2.45, 2.75) is 89.3 Å². The van der Waals surface area contributed by atoms with Crippen molar-refractivity contribution in [2.75, 3.05) is 32.8 Å². The summed E-state index contributed by atoms with van der Waals surface area (Å²) in [7, 11) is 0. The molecule has 4 aliphatic carbocycles. The maximum absolute atomic E-state index is 12.6. The highest BCUT2D eigenvalue weighted by Crippen LogP contribution is 2.70. The molecule has 0 radical (unpaired) electrons. The van der Waals surface area contributed by atoms with Gasteiger partial charge in [0.25, 0.3) is 0 Å². The summed E-state index contributed by atoms with van der Waals surface area (Å²) in [6.07, 6.45) is 11.1. The summed E-state index contributed by atoms with van der Waals surface area (Å²) in [5.41, 5.74) is 0.102. The van der Waals surface area contributed by atoms with E-state index in [1.165, 1.54) is 6.07 Å². The molecule has 6 rings (SSSR count). The molecule has 0 bridgehead atoms. The Morgan fingerprint density at radius 3 is 2.65 bits per heavy atom. The van der Waals surface area contributed by atoms with Crippen LogP contribution in [0.5, 0.6) is 0 Å². The van der Waals surface area contributed by atoms with E-state index in [-0.39, 0.29) is 41.0 Å². The van der Waals surface area contributed by atoms with Crippen molar-refractivity contribution in [1.29, 1.82) is 0 Å². The van der Waals surface area contributed by atoms with Crippen LogP contribution in [0.2, 0.25) is 0 Å². The predicted octanol–water partition coefficient (Wildman–Crippen LogP) is 3.70. The number of aliphatic hydroxyl groups is 1. The van der Waals surface area contributed by atoms with Crippen molar-refractivity contribution >= 4 is 5.91 Å². The number of carbonyl (C=O) groups is 1. The normalized spacial score (nSPS) is 43.5. The van der Waals surface area contributed by atoms with Crippen LogP contribution in [0.25, 0.3) is 0 Å². The van der Waals surface area contributed by atoms with Gasteiger partial charge in [-0.15, -0.1) is 0 Å². The van der Waals surface area contributed by atoms with Crippen molar-refractivity contribution in [2.24, 2.45) is 28.6 Å². The number of nitrogens with one attached hydrogen (secondary N) is 1. The van der Waals surface area contributed by atoms with Gasteiger partial charge in [-0.3, -0.25) is 4.79 Å².